The summed E-state index contributed by atoms with van der Waals surface area (Å²) in [4.78, 5) is 6.13. The lowest BCUT2D eigenvalue weighted by atomic mass is 10.1. The Morgan fingerprint density at radius 2 is 2.00 bits per heavy atom. The fourth-order valence-corrected chi connectivity index (χ4v) is 1.41. The van der Waals surface area contributed by atoms with E-state index in [1.165, 1.54) is 11.1 Å². The lowest BCUT2D eigenvalue weighted by molar-refractivity contribution is 0.491. The molecule has 0 fully saturated rings. The van der Waals surface area contributed by atoms with Crippen LogP contribution >= 0.6 is 24.0 Å². The molecule has 0 saturated carbocycles. The topological polar surface area (TPSA) is 41.6 Å². The van der Waals surface area contributed by atoms with Gasteiger partial charge in [0.2, 0.25) is 0 Å². The van der Waals surface area contributed by atoms with Gasteiger partial charge in [-0.25, -0.2) is 0 Å². The maximum absolute atomic E-state index is 5.80. The average Bonchev–Trinajstić information content (AvgIpc) is 2.21. The quantitative estimate of drug-likeness (QED) is 0.524. The van der Waals surface area contributed by atoms with Gasteiger partial charge < -0.3 is 10.6 Å². The first-order valence-electron chi connectivity index (χ1n) is 5.20. The number of nitrogens with zero attached hydrogens (tertiary/aromatic N) is 2. The highest BCUT2D eigenvalue weighted by atomic mass is 127. The largest absolute Gasteiger partial charge is 0.370 e. The average molecular weight is 333 g/mol. The second-order valence-corrected chi connectivity index (χ2v) is 3.62. The molecule has 0 aromatic heterocycles. The summed E-state index contributed by atoms with van der Waals surface area (Å²) >= 11 is 0. The van der Waals surface area contributed by atoms with E-state index in [9.17, 15) is 0 Å². The summed E-state index contributed by atoms with van der Waals surface area (Å²) in [5.74, 6) is 0.598. The van der Waals surface area contributed by atoms with Crippen LogP contribution in [0.5, 0.6) is 0 Å². The number of aryl methyl sites for hydroxylation is 1. The van der Waals surface area contributed by atoms with E-state index in [1.807, 2.05) is 31.0 Å². The van der Waals surface area contributed by atoms with Crippen LogP contribution in [0, 0.1) is 6.92 Å². The number of hydrogen-bond acceptors (Lipinski definition) is 1. The number of guanidine groups is 1. The van der Waals surface area contributed by atoms with Crippen molar-refractivity contribution in [1.29, 1.82) is 0 Å². The third kappa shape index (κ3) is 4.38. The van der Waals surface area contributed by atoms with E-state index in [0.717, 1.165) is 13.1 Å². The summed E-state index contributed by atoms with van der Waals surface area (Å²) in [7, 11) is 1.96. The lowest BCUT2D eigenvalue weighted by Gasteiger charge is -2.19. The second kappa shape index (κ2) is 7.49. The molecule has 0 aliphatic rings. The van der Waals surface area contributed by atoms with Crippen LogP contribution in [0.3, 0.4) is 0 Å². The van der Waals surface area contributed by atoms with Gasteiger partial charge in [0.05, 0.1) is 0 Å². The molecule has 4 heteroatoms. The van der Waals surface area contributed by atoms with Crippen LogP contribution < -0.4 is 5.73 Å². The lowest BCUT2D eigenvalue weighted by Crippen LogP contribution is -2.33. The minimum Gasteiger partial charge on any atom is -0.370 e. The summed E-state index contributed by atoms with van der Waals surface area (Å²) in [6, 6.07) is 8.31. The van der Waals surface area contributed by atoms with E-state index in [4.69, 9.17) is 5.73 Å². The van der Waals surface area contributed by atoms with Gasteiger partial charge in [-0.3, -0.25) is 4.99 Å². The molecule has 3 nitrogen and oxygen atoms in total. The van der Waals surface area contributed by atoms with Gasteiger partial charge in [-0.15, -0.1) is 24.0 Å². The van der Waals surface area contributed by atoms with Crippen molar-refractivity contribution in [3.63, 3.8) is 0 Å². The highest BCUT2D eigenvalue weighted by Gasteiger charge is 2.03. The summed E-state index contributed by atoms with van der Waals surface area (Å²) < 4.78 is 0. The van der Waals surface area contributed by atoms with Crippen LogP contribution in [0.1, 0.15) is 18.1 Å². The molecule has 0 atom stereocenters. The monoisotopic (exact) mass is 333 g/mol. The number of nitrogens with two attached hydrogens (primary N) is 1. The summed E-state index contributed by atoms with van der Waals surface area (Å²) in [6.07, 6.45) is 0. The van der Waals surface area contributed by atoms with Crippen molar-refractivity contribution in [2.45, 2.75) is 20.4 Å². The standard InChI is InChI=1S/C12H19N3.HI/c1-4-14-12(13)15(3)9-11-8-6-5-7-10(11)2;/h5-8H,4,9H2,1-3H3,(H2,13,14);1H. The Labute approximate surface area is 115 Å². The predicted octanol–water partition coefficient (Wildman–Crippen LogP) is 2.38. The molecule has 0 radical (unpaired) electrons. The van der Waals surface area contributed by atoms with Crippen LogP contribution in [0.4, 0.5) is 0 Å². The smallest absolute Gasteiger partial charge is 0.191 e. The molecule has 1 aromatic carbocycles. The Morgan fingerprint density at radius 3 is 2.56 bits per heavy atom. The van der Waals surface area contributed by atoms with Gasteiger partial charge in [0, 0.05) is 20.1 Å². The van der Waals surface area contributed by atoms with Crippen molar-refractivity contribution in [2.24, 2.45) is 10.7 Å². The van der Waals surface area contributed by atoms with Crippen LogP contribution in [0.15, 0.2) is 29.3 Å². The number of halogens is 1. The molecule has 16 heavy (non-hydrogen) atoms. The molecule has 0 heterocycles. The molecule has 0 bridgehead atoms. The van der Waals surface area contributed by atoms with E-state index in [2.05, 4.69) is 24.0 Å². The maximum atomic E-state index is 5.80. The molecular weight excluding hydrogens is 313 g/mol. The second-order valence-electron chi connectivity index (χ2n) is 3.62. The summed E-state index contributed by atoms with van der Waals surface area (Å²) in [5, 5.41) is 0. The van der Waals surface area contributed by atoms with E-state index in [1.54, 1.807) is 0 Å². The first kappa shape index (κ1) is 15.2. The highest BCUT2D eigenvalue weighted by molar-refractivity contribution is 14.0. The molecule has 0 aliphatic heterocycles. The zero-order chi connectivity index (χ0) is 11.3. The number of hydrogen-bond donors (Lipinski definition) is 1. The summed E-state index contributed by atoms with van der Waals surface area (Å²) in [6.45, 7) is 5.62. The van der Waals surface area contributed by atoms with Gasteiger partial charge in [0.15, 0.2) is 5.96 Å². The van der Waals surface area contributed by atoms with Gasteiger partial charge in [-0.2, -0.15) is 0 Å². The molecule has 0 unspecified atom stereocenters. The molecule has 1 aromatic rings. The Hall–Kier alpha value is -0.780. The van der Waals surface area contributed by atoms with Gasteiger partial charge in [0.25, 0.3) is 0 Å². The van der Waals surface area contributed by atoms with Gasteiger partial charge in [-0.05, 0) is 25.0 Å². The molecule has 90 valence electrons. The highest BCUT2D eigenvalue weighted by Crippen LogP contribution is 2.08. The number of rotatable bonds is 3. The molecule has 0 amide bonds. The van der Waals surface area contributed by atoms with E-state index >= 15 is 0 Å². The molecule has 2 N–H and O–H groups in total. The van der Waals surface area contributed by atoms with Crippen molar-refractivity contribution in [2.75, 3.05) is 13.6 Å². The zero-order valence-electron chi connectivity index (χ0n) is 10.1. The molecular formula is C12H20IN3. The third-order valence-electron chi connectivity index (χ3n) is 2.38. The van der Waals surface area contributed by atoms with Crippen molar-refractivity contribution in [3.05, 3.63) is 35.4 Å². The fourth-order valence-electron chi connectivity index (χ4n) is 1.41. The minimum absolute atomic E-state index is 0. The van der Waals surface area contributed by atoms with E-state index < -0.39 is 0 Å². The zero-order valence-corrected chi connectivity index (χ0v) is 12.4. The molecule has 0 saturated heterocycles. The third-order valence-corrected chi connectivity index (χ3v) is 2.38. The Balaban J connectivity index is 0.00000225. The fraction of sp³-hybridized carbons (Fsp3) is 0.417. The van der Waals surface area contributed by atoms with Crippen LogP contribution in [-0.4, -0.2) is 24.5 Å². The number of benzene rings is 1. The minimum atomic E-state index is 0. The van der Waals surface area contributed by atoms with Crippen molar-refractivity contribution in [1.82, 2.24) is 4.90 Å². The van der Waals surface area contributed by atoms with Crippen molar-refractivity contribution < 1.29 is 0 Å². The van der Waals surface area contributed by atoms with Crippen LogP contribution in [0.2, 0.25) is 0 Å². The molecule has 1 rings (SSSR count). The first-order chi connectivity index (χ1) is 7.15. The Bertz CT molecular complexity index is 350. The number of aliphatic imine (C=N–C) groups is 1. The van der Waals surface area contributed by atoms with Gasteiger partial charge in [0.1, 0.15) is 0 Å². The maximum Gasteiger partial charge on any atom is 0.191 e. The van der Waals surface area contributed by atoms with Crippen molar-refractivity contribution in [3.8, 4) is 0 Å². The van der Waals surface area contributed by atoms with E-state index in [0.29, 0.717) is 5.96 Å². The van der Waals surface area contributed by atoms with Gasteiger partial charge >= 0.3 is 0 Å². The molecule has 0 aliphatic carbocycles. The first-order valence-corrected chi connectivity index (χ1v) is 5.20. The van der Waals surface area contributed by atoms with Crippen LogP contribution in [0.25, 0.3) is 0 Å². The van der Waals surface area contributed by atoms with Gasteiger partial charge in [-0.1, -0.05) is 24.3 Å². The Morgan fingerprint density at radius 1 is 1.38 bits per heavy atom. The SMILES string of the molecule is CCN=C(N)N(C)Cc1ccccc1C.I. The summed E-state index contributed by atoms with van der Waals surface area (Å²) in [5.41, 5.74) is 8.37. The van der Waals surface area contributed by atoms with Crippen molar-refractivity contribution >= 4 is 29.9 Å². The van der Waals surface area contributed by atoms with Crippen LogP contribution in [-0.2, 0) is 6.54 Å². The Kier molecular flexibility index (Phi) is 7.12. The molecule has 0 spiro atoms. The predicted molar refractivity (Wildman–Crippen MR) is 80.2 cm³/mol. The normalized spacial score (nSPS) is 10.8. The van der Waals surface area contributed by atoms with E-state index in [-0.39, 0.29) is 24.0 Å².